The minimum absolute atomic E-state index is 0.536. The second-order valence-corrected chi connectivity index (χ2v) is 8.19. The average Bonchev–Trinajstić information content (AvgIpc) is 2.61. The molecule has 4 rings (SSSR count). The van der Waals surface area contributed by atoms with E-state index >= 15 is 0 Å². The molecule has 3 aliphatic rings. The van der Waals surface area contributed by atoms with E-state index in [0.29, 0.717) is 17.3 Å². The van der Waals surface area contributed by atoms with Crippen LogP contribution in [0.15, 0.2) is 23.4 Å². The fourth-order valence-electron chi connectivity index (χ4n) is 5.89. The number of rotatable bonds is 2. The molecule has 0 bridgehead atoms. The monoisotopic (exact) mass is 327 g/mol. The van der Waals surface area contributed by atoms with E-state index in [1.165, 1.54) is 49.7 Å². The molecule has 2 fully saturated rings. The molecule has 130 valence electrons. The molecule has 1 aromatic rings. The van der Waals surface area contributed by atoms with E-state index in [1.54, 1.807) is 14.2 Å². The second-order valence-electron chi connectivity index (χ2n) is 8.19. The van der Waals surface area contributed by atoms with Gasteiger partial charge in [-0.15, -0.1) is 0 Å². The van der Waals surface area contributed by atoms with Gasteiger partial charge >= 0.3 is 0 Å². The van der Waals surface area contributed by atoms with Crippen molar-refractivity contribution < 1.29 is 9.57 Å². The summed E-state index contributed by atoms with van der Waals surface area (Å²) >= 11 is 0. The van der Waals surface area contributed by atoms with Crippen molar-refractivity contribution >= 4 is 5.71 Å². The van der Waals surface area contributed by atoms with Crippen LogP contribution < -0.4 is 4.74 Å². The zero-order valence-corrected chi connectivity index (χ0v) is 15.2. The highest BCUT2D eigenvalue weighted by Crippen LogP contribution is 2.59. The third kappa shape index (κ3) is 2.44. The molecule has 2 saturated carbocycles. The van der Waals surface area contributed by atoms with Gasteiger partial charge in [-0.05, 0) is 79.0 Å². The summed E-state index contributed by atoms with van der Waals surface area (Å²) < 4.78 is 5.51. The van der Waals surface area contributed by atoms with Crippen molar-refractivity contribution in [2.24, 2.45) is 22.4 Å². The Morgan fingerprint density at radius 2 is 2.00 bits per heavy atom. The quantitative estimate of drug-likeness (QED) is 0.704. The van der Waals surface area contributed by atoms with Gasteiger partial charge in [0, 0.05) is 5.56 Å². The lowest BCUT2D eigenvalue weighted by Crippen LogP contribution is -2.45. The van der Waals surface area contributed by atoms with Gasteiger partial charge < -0.3 is 9.57 Å². The van der Waals surface area contributed by atoms with E-state index < -0.39 is 0 Å². The van der Waals surface area contributed by atoms with Gasteiger partial charge in [-0.2, -0.15) is 0 Å². The second kappa shape index (κ2) is 6.09. The topological polar surface area (TPSA) is 30.8 Å². The number of hydrogen-bond acceptors (Lipinski definition) is 3. The first-order chi connectivity index (χ1) is 11.7. The number of fused-ring (bicyclic) bond motifs is 5. The first kappa shape index (κ1) is 16.0. The highest BCUT2D eigenvalue weighted by atomic mass is 16.6. The third-order valence-corrected chi connectivity index (χ3v) is 7.07. The zero-order valence-electron chi connectivity index (χ0n) is 15.2. The molecule has 4 atom stereocenters. The van der Waals surface area contributed by atoms with Crippen LogP contribution in [-0.4, -0.2) is 19.9 Å². The summed E-state index contributed by atoms with van der Waals surface area (Å²) in [6, 6.07) is 6.48. The van der Waals surface area contributed by atoms with E-state index in [2.05, 4.69) is 30.3 Å². The van der Waals surface area contributed by atoms with Crippen molar-refractivity contribution in [3.05, 3.63) is 29.3 Å². The van der Waals surface area contributed by atoms with Crippen LogP contribution in [0.25, 0.3) is 0 Å². The maximum Gasteiger partial charge on any atom is 0.119 e. The molecule has 0 N–H and O–H groups in total. The fraction of sp³-hybridized carbons (Fsp3) is 0.667. The molecule has 1 aromatic carbocycles. The molecule has 0 unspecified atom stereocenters. The minimum Gasteiger partial charge on any atom is -0.497 e. The number of methoxy groups -OCH3 is 1. The summed E-state index contributed by atoms with van der Waals surface area (Å²) in [5.41, 5.74) is 4.38. The molecule has 0 heterocycles. The SMILES string of the molecule is CO/N=C1\C[C@@H]2[C@H](CC[C@]3(C)CCCC[C@@H]23)c2cc(OC)ccc21. The summed E-state index contributed by atoms with van der Waals surface area (Å²) in [6.07, 6.45) is 9.33. The highest BCUT2D eigenvalue weighted by Gasteiger charge is 2.50. The van der Waals surface area contributed by atoms with Crippen molar-refractivity contribution in [3.63, 3.8) is 0 Å². The molecule has 3 aliphatic carbocycles. The number of nitrogens with zero attached hydrogens (tertiary/aromatic N) is 1. The van der Waals surface area contributed by atoms with E-state index in [0.717, 1.165) is 23.8 Å². The van der Waals surface area contributed by atoms with E-state index in [-0.39, 0.29) is 0 Å². The maximum atomic E-state index is 5.51. The van der Waals surface area contributed by atoms with Crippen molar-refractivity contribution in [2.45, 2.75) is 57.8 Å². The Hall–Kier alpha value is -1.51. The van der Waals surface area contributed by atoms with Crippen LogP contribution >= 0.6 is 0 Å². The minimum atomic E-state index is 0.536. The Labute approximate surface area is 145 Å². The summed E-state index contributed by atoms with van der Waals surface area (Å²) in [5, 5.41) is 4.41. The molecule has 3 heteroatoms. The smallest absolute Gasteiger partial charge is 0.119 e. The molecule has 0 aliphatic heterocycles. The summed E-state index contributed by atoms with van der Waals surface area (Å²) in [7, 11) is 3.42. The Bertz CT molecular complexity index is 653. The summed E-state index contributed by atoms with van der Waals surface area (Å²) in [4.78, 5) is 5.19. The average molecular weight is 327 g/mol. The van der Waals surface area contributed by atoms with Crippen LogP contribution in [0.2, 0.25) is 0 Å². The van der Waals surface area contributed by atoms with Crippen LogP contribution in [0, 0.1) is 17.3 Å². The van der Waals surface area contributed by atoms with Gasteiger partial charge in [0.2, 0.25) is 0 Å². The maximum absolute atomic E-state index is 5.51. The van der Waals surface area contributed by atoms with Gasteiger partial charge in [0.05, 0.1) is 12.8 Å². The number of benzene rings is 1. The van der Waals surface area contributed by atoms with Crippen molar-refractivity contribution in [1.82, 2.24) is 0 Å². The van der Waals surface area contributed by atoms with Crippen molar-refractivity contribution in [1.29, 1.82) is 0 Å². The molecule has 0 saturated heterocycles. The highest BCUT2D eigenvalue weighted by molar-refractivity contribution is 6.03. The van der Waals surface area contributed by atoms with Crippen molar-refractivity contribution in [3.8, 4) is 5.75 Å². The Kier molecular flexibility index (Phi) is 4.06. The van der Waals surface area contributed by atoms with Crippen LogP contribution in [-0.2, 0) is 4.84 Å². The Balaban J connectivity index is 1.78. The fourth-order valence-corrected chi connectivity index (χ4v) is 5.89. The number of hydrogen-bond donors (Lipinski definition) is 0. The zero-order chi connectivity index (χ0) is 16.7. The lowest BCUT2D eigenvalue weighted by Gasteiger charge is -2.54. The van der Waals surface area contributed by atoms with Gasteiger partial charge in [-0.1, -0.05) is 24.9 Å². The molecule has 3 nitrogen and oxygen atoms in total. The van der Waals surface area contributed by atoms with Gasteiger partial charge in [0.1, 0.15) is 12.9 Å². The number of oxime groups is 1. The molecule has 0 spiro atoms. The summed E-state index contributed by atoms with van der Waals surface area (Å²) in [5.74, 6) is 3.15. The van der Waals surface area contributed by atoms with Gasteiger partial charge in [-0.3, -0.25) is 0 Å². The van der Waals surface area contributed by atoms with Gasteiger partial charge in [0.15, 0.2) is 0 Å². The van der Waals surface area contributed by atoms with Gasteiger partial charge in [-0.25, -0.2) is 0 Å². The Morgan fingerprint density at radius 3 is 2.79 bits per heavy atom. The van der Waals surface area contributed by atoms with Crippen LogP contribution in [0.5, 0.6) is 5.75 Å². The number of ether oxygens (including phenoxy) is 1. The largest absolute Gasteiger partial charge is 0.497 e. The molecule has 0 aromatic heterocycles. The standard InChI is InChI=1S/C21H29NO2/c1-21-10-5-4-6-19(21)18-13-20(22-24-3)16-8-7-14(23-2)12-17(16)15(18)9-11-21/h7-8,12,15,18-19H,4-6,9-11,13H2,1-3H3/b22-20+/t15-,18-,19+,21+/m1/s1. The summed E-state index contributed by atoms with van der Waals surface area (Å²) in [6.45, 7) is 2.54. The predicted octanol–water partition coefficient (Wildman–Crippen LogP) is 5.14. The molecular formula is C21H29NO2. The predicted molar refractivity (Wildman–Crippen MR) is 96.7 cm³/mol. The first-order valence-electron chi connectivity index (χ1n) is 9.44. The van der Waals surface area contributed by atoms with E-state index in [4.69, 9.17) is 9.57 Å². The van der Waals surface area contributed by atoms with Crippen LogP contribution in [0.1, 0.15) is 68.9 Å². The van der Waals surface area contributed by atoms with Crippen LogP contribution in [0.3, 0.4) is 0 Å². The lowest BCUT2D eigenvalue weighted by molar-refractivity contribution is 0.00371. The molecule has 24 heavy (non-hydrogen) atoms. The molecule has 0 amide bonds. The van der Waals surface area contributed by atoms with E-state index in [1.807, 2.05) is 0 Å². The first-order valence-corrected chi connectivity index (χ1v) is 9.44. The Morgan fingerprint density at radius 1 is 1.12 bits per heavy atom. The van der Waals surface area contributed by atoms with Crippen LogP contribution in [0.4, 0.5) is 0 Å². The van der Waals surface area contributed by atoms with Crippen molar-refractivity contribution in [2.75, 3.05) is 14.2 Å². The van der Waals surface area contributed by atoms with E-state index in [9.17, 15) is 0 Å². The van der Waals surface area contributed by atoms with Gasteiger partial charge in [0.25, 0.3) is 0 Å². The third-order valence-electron chi connectivity index (χ3n) is 7.07. The lowest BCUT2D eigenvalue weighted by atomic mass is 9.50. The normalized spacial score (nSPS) is 36.5. The molecular weight excluding hydrogens is 298 g/mol. The molecule has 0 radical (unpaired) electrons.